The van der Waals surface area contributed by atoms with Crippen molar-refractivity contribution in [3.8, 4) is 11.5 Å². The zero-order valence-electron chi connectivity index (χ0n) is 16.1. The molecule has 0 aliphatic heterocycles. The topological polar surface area (TPSA) is 62.5 Å². The molecule has 5 nitrogen and oxygen atoms in total. The van der Waals surface area contributed by atoms with Gasteiger partial charge in [0.05, 0.1) is 5.69 Å². The van der Waals surface area contributed by atoms with E-state index in [9.17, 15) is 0 Å². The molecule has 2 N–H and O–H groups in total. The van der Waals surface area contributed by atoms with Gasteiger partial charge >= 0.3 is 0 Å². The standard InChI is InChI=1S/C22H26N4O/c1-16-4-8-18(9-5-16)14-25-22(23-3)24-13-12-20-15-27-21(26-20)19-10-6-17(2)7-11-19/h4-11,15H,12-14H2,1-3H3,(H2,23,24,25). The van der Waals surface area contributed by atoms with E-state index in [1.807, 2.05) is 12.1 Å². The summed E-state index contributed by atoms with van der Waals surface area (Å²) in [7, 11) is 1.77. The number of aromatic nitrogens is 1. The van der Waals surface area contributed by atoms with Crippen molar-refractivity contribution in [2.75, 3.05) is 13.6 Å². The quantitative estimate of drug-likeness (QED) is 0.516. The van der Waals surface area contributed by atoms with Crippen LogP contribution < -0.4 is 10.6 Å². The Morgan fingerprint density at radius 3 is 2.30 bits per heavy atom. The average molecular weight is 362 g/mol. The third-order valence-corrected chi connectivity index (χ3v) is 4.33. The maximum absolute atomic E-state index is 5.60. The molecule has 0 radical (unpaired) electrons. The van der Waals surface area contributed by atoms with Gasteiger partial charge in [-0.05, 0) is 31.5 Å². The predicted molar refractivity (Wildman–Crippen MR) is 110 cm³/mol. The van der Waals surface area contributed by atoms with Crippen LogP contribution in [0.4, 0.5) is 0 Å². The molecule has 0 unspecified atom stereocenters. The first-order valence-corrected chi connectivity index (χ1v) is 9.15. The van der Waals surface area contributed by atoms with Crippen molar-refractivity contribution < 1.29 is 4.42 Å². The lowest BCUT2D eigenvalue weighted by atomic mass is 10.1. The Bertz CT molecular complexity index is 879. The van der Waals surface area contributed by atoms with Crippen molar-refractivity contribution in [2.45, 2.75) is 26.8 Å². The first kappa shape index (κ1) is 18.7. The van der Waals surface area contributed by atoms with Gasteiger partial charge in [0.15, 0.2) is 5.96 Å². The summed E-state index contributed by atoms with van der Waals surface area (Å²) < 4.78 is 5.60. The fraction of sp³-hybridized carbons (Fsp3) is 0.273. The molecular weight excluding hydrogens is 336 g/mol. The Morgan fingerprint density at radius 1 is 0.963 bits per heavy atom. The molecular formula is C22H26N4O. The fourth-order valence-corrected chi connectivity index (χ4v) is 2.67. The molecule has 0 atom stereocenters. The van der Waals surface area contributed by atoms with Crippen LogP contribution in [0.3, 0.4) is 0 Å². The lowest BCUT2D eigenvalue weighted by Crippen LogP contribution is -2.37. The van der Waals surface area contributed by atoms with Crippen molar-refractivity contribution >= 4 is 5.96 Å². The van der Waals surface area contributed by atoms with Crippen LogP contribution >= 0.6 is 0 Å². The third kappa shape index (κ3) is 5.45. The average Bonchev–Trinajstić information content (AvgIpc) is 3.15. The highest BCUT2D eigenvalue weighted by Gasteiger charge is 2.07. The van der Waals surface area contributed by atoms with Gasteiger partial charge in [-0.15, -0.1) is 0 Å². The minimum absolute atomic E-state index is 0.659. The Morgan fingerprint density at radius 2 is 1.63 bits per heavy atom. The molecule has 2 aromatic carbocycles. The van der Waals surface area contributed by atoms with Gasteiger partial charge < -0.3 is 15.1 Å². The number of aliphatic imine (C=N–C) groups is 1. The van der Waals surface area contributed by atoms with E-state index in [2.05, 4.69) is 70.9 Å². The van der Waals surface area contributed by atoms with Gasteiger partial charge in [-0.1, -0.05) is 47.5 Å². The second-order valence-electron chi connectivity index (χ2n) is 6.60. The molecule has 0 saturated heterocycles. The number of guanidine groups is 1. The van der Waals surface area contributed by atoms with Crippen LogP contribution in [0.25, 0.3) is 11.5 Å². The number of aryl methyl sites for hydroxylation is 2. The molecule has 140 valence electrons. The summed E-state index contributed by atoms with van der Waals surface area (Å²) in [5.74, 6) is 1.43. The molecule has 0 saturated carbocycles. The predicted octanol–water partition coefficient (Wildman–Crippen LogP) is 3.87. The molecule has 1 aromatic heterocycles. The van der Waals surface area contributed by atoms with E-state index in [1.165, 1.54) is 16.7 Å². The molecule has 0 fully saturated rings. The molecule has 0 aliphatic rings. The van der Waals surface area contributed by atoms with Crippen LogP contribution in [-0.4, -0.2) is 24.5 Å². The first-order chi connectivity index (χ1) is 13.1. The molecule has 3 aromatic rings. The van der Waals surface area contributed by atoms with Gasteiger partial charge in [-0.3, -0.25) is 4.99 Å². The Labute approximate surface area is 160 Å². The van der Waals surface area contributed by atoms with E-state index < -0.39 is 0 Å². The number of benzene rings is 2. The van der Waals surface area contributed by atoms with Crippen LogP contribution in [0, 0.1) is 13.8 Å². The molecule has 5 heteroatoms. The van der Waals surface area contributed by atoms with Gasteiger partial charge in [-0.2, -0.15) is 0 Å². The molecule has 27 heavy (non-hydrogen) atoms. The van der Waals surface area contributed by atoms with Crippen molar-refractivity contribution in [1.82, 2.24) is 15.6 Å². The normalized spacial score (nSPS) is 11.4. The Balaban J connectivity index is 1.47. The number of nitrogens with zero attached hydrogens (tertiary/aromatic N) is 2. The molecule has 0 amide bonds. The van der Waals surface area contributed by atoms with Crippen molar-refractivity contribution in [1.29, 1.82) is 0 Å². The number of nitrogens with one attached hydrogen (secondary N) is 2. The lowest BCUT2D eigenvalue weighted by molar-refractivity contribution is 0.572. The highest BCUT2D eigenvalue weighted by Crippen LogP contribution is 2.19. The number of oxazole rings is 1. The maximum Gasteiger partial charge on any atom is 0.226 e. The van der Waals surface area contributed by atoms with E-state index in [0.29, 0.717) is 5.89 Å². The summed E-state index contributed by atoms with van der Waals surface area (Å²) in [6, 6.07) is 16.6. The first-order valence-electron chi connectivity index (χ1n) is 9.15. The minimum atomic E-state index is 0.659. The fourth-order valence-electron chi connectivity index (χ4n) is 2.67. The summed E-state index contributed by atoms with van der Waals surface area (Å²) in [6.45, 7) is 5.62. The SMILES string of the molecule is CN=C(NCCc1coc(-c2ccc(C)cc2)n1)NCc1ccc(C)cc1. The van der Waals surface area contributed by atoms with Gasteiger partial charge in [0.25, 0.3) is 0 Å². The largest absolute Gasteiger partial charge is 0.444 e. The van der Waals surface area contributed by atoms with Crippen molar-refractivity contribution in [2.24, 2.45) is 4.99 Å². The number of hydrogen-bond donors (Lipinski definition) is 2. The van der Waals surface area contributed by atoms with Crippen LogP contribution in [0.1, 0.15) is 22.4 Å². The van der Waals surface area contributed by atoms with E-state index >= 15 is 0 Å². The molecule has 3 rings (SSSR count). The maximum atomic E-state index is 5.60. The monoisotopic (exact) mass is 362 g/mol. The second-order valence-corrected chi connectivity index (χ2v) is 6.60. The summed E-state index contributed by atoms with van der Waals surface area (Å²) in [4.78, 5) is 8.83. The lowest BCUT2D eigenvalue weighted by Gasteiger charge is -2.11. The van der Waals surface area contributed by atoms with Gasteiger partial charge in [0, 0.05) is 32.1 Å². The van der Waals surface area contributed by atoms with Crippen LogP contribution in [0.15, 0.2) is 64.2 Å². The van der Waals surface area contributed by atoms with Crippen LogP contribution in [0.2, 0.25) is 0 Å². The van der Waals surface area contributed by atoms with Crippen LogP contribution in [-0.2, 0) is 13.0 Å². The van der Waals surface area contributed by atoms with Gasteiger partial charge in [0.1, 0.15) is 6.26 Å². The third-order valence-electron chi connectivity index (χ3n) is 4.33. The summed E-state index contributed by atoms with van der Waals surface area (Å²) in [5.41, 5.74) is 5.63. The Kier molecular flexibility index (Phi) is 6.26. The van der Waals surface area contributed by atoms with E-state index in [-0.39, 0.29) is 0 Å². The molecule has 0 aliphatic carbocycles. The summed E-state index contributed by atoms with van der Waals surface area (Å²) in [5, 5.41) is 6.64. The van der Waals surface area contributed by atoms with E-state index in [4.69, 9.17) is 4.42 Å². The second kappa shape index (κ2) is 9.03. The Hall–Kier alpha value is -3.08. The zero-order valence-corrected chi connectivity index (χ0v) is 16.1. The smallest absolute Gasteiger partial charge is 0.226 e. The highest BCUT2D eigenvalue weighted by molar-refractivity contribution is 5.79. The summed E-state index contributed by atoms with van der Waals surface area (Å²) >= 11 is 0. The molecule has 0 spiro atoms. The molecule has 0 bridgehead atoms. The van der Waals surface area contributed by atoms with E-state index in [0.717, 1.165) is 36.7 Å². The van der Waals surface area contributed by atoms with Gasteiger partial charge in [0.2, 0.25) is 5.89 Å². The van der Waals surface area contributed by atoms with Crippen molar-refractivity contribution in [3.05, 3.63) is 77.2 Å². The number of rotatable bonds is 6. The van der Waals surface area contributed by atoms with E-state index in [1.54, 1.807) is 13.3 Å². The summed E-state index contributed by atoms with van der Waals surface area (Å²) in [6.07, 6.45) is 2.49. The van der Waals surface area contributed by atoms with Crippen LogP contribution in [0.5, 0.6) is 0 Å². The highest BCUT2D eigenvalue weighted by atomic mass is 16.3. The van der Waals surface area contributed by atoms with Crippen molar-refractivity contribution in [3.63, 3.8) is 0 Å². The number of hydrogen-bond acceptors (Lipinski definition) is 3. The molecule has 1 heterocycles. The minimum Gasteiger partial charge on any atom is -0.444 e. The van der Waals surface area contributed by atoms with Gasteiger partial charge in [-0.25, -0.2) is 4.98 Å². The zero-order chi connectivity index (χ0) is 19.1.